The van der Waals surface area contributed by atoms with Crippen LogP contribution in [0.4, 0.5) is 5.69 Å². The summed E-state index contributed by atoms with van der Waals surface area (Å²) < 4.78 is 0. The van der Waals surface area contributed by atoms with Crippen LogP contribution in [-0.2, 0) is 0 Å². The molecule has 0 amide bonds. The quantitative estimate of drug-likeness (QED) is 0.886. The molecule has 1 fully saturated rings. The van der Waals surface area contributed by atoms with E-state index in [1.807, 2.05) is 0 Å². The maximum Gasteiger partial charge on any atom is 0.0455 e. The molecule has 0 saturated carbocycles. The van der Waals surface area contributed by atoms with Gasteiger partial charge in [0, 0.05) is 35.4 Å². The van der Waals surface area contributed by atoms with E-state index in [1.54, 1.807) is 0 Å². The molecule has 0 aliphatic carbocycles. The van der Waals surface area contributed by atoms with E-state index < -0.39 is 0 Å². The smallest absolute Gasteiger partial charge is 0.0455 e. The van der Waals surface area contributed by atoms with Crippen molar-refractivity contribution in [2.45, 2.75) is 58.5 Å². The van der Waals surface area contributed by atoms with Gasteiger partial charge in [0.15, 0.2) is 0 Å². The molecular weight excluding hydrogens is 268 g/mol. The molecule has 2 rings (SSSR count). The van der Waals surface area contributed by atoms with Crippen LogP contribution in [-0.4, -0.2) is 24.7 Å². The second-order valence-electron chi connectivity index (χ2n) is 5.99. The Bertz CT molecular complexity index is 454. The third-order valence-electron chi connectivity index (χ3n) is 4.94. The summed E-state index contributed by atoms with van der Waals surface area (Å²) >= 11 is 6.32. The van der Waals surface area contributed by atoms with E-state index in [1.165, 1.54) is 5.69 Å². The molecule has 3 heteroatoms. The van der Waals surface area contributed by atoms with Gasteiger partial charge in [0.25, 0.3) is 0 Å². The Morgan fingerprint density at radius 1 is 1.30 bits per heavy atom. The largest absolute Gasteiger partial charge is 0.365 e. The summed E-state index contributed by atoms with van der Waals surface area (Å²) in [5, 5.41) is 4.65. The van der Waals surface area contributed by atoms with Crippen molar-refractivity contribution in [3.05, 3.63) is 28.8 Å². The Kier molecular flexibility index (Phi) is 4.98. The fourth-order valence-corrected chi connectivity index (χ4v) is 3.28. The number of anilines is 1. The predicted octanol–water partition coefficient (Wildman–Crippen LogP) is 4.40. The molecule has 1 aromatic rings. The predicted molar refractivity (Wildman–Crippen MR) is 88.9 cm³/mol. The zero-order valence-electron chi connectivity index (χ0n) is 13.2. The Hall–Kier alpha value is -0.730. The summed E-state index contributed by atoms with van der Waals surface area (Å²) in [5.41, 5.74) is 2.65. The minimum Gasteiger partial charge on any atom is -0.365 e. The topological polar surface area (TPSA) is 15.3 Å². The molecule has 0 radical (unpaired) electrons. The molecule has 1 aromatic carbocycles. The van der Waals surface area contributed by atoms with Crippen LogP contribution in [0.3, 0.4) is 0 Å². The van der Waals surface area contributed by atoms with Gasteiger partial charge in [0.05, 0.1) is 0 Å². The lowest BCUT2D eigenvalue weighted by Gasteiger charge is -2.48. The molecule has 0 bridgehead atoms. The number of halogens is 1. The highest BCUT2D eigenvalue weighted by Crippen LogP contribution is 2.31. The van der Waals surface area contributed by atoms with Crippen molar-refractivity contribution in [3.8, 4) is 0 Å². The average molecular weight is 295 g/mol. The minimum absolute atomic E-state index is 0.239. The average Bonchev–Trinajstić information content (AvgIpc) is 2.49. The first-order chi connectivity index (χ1) is 9.55. The van der Waals surface area contributed by atoms with Gasteiger partial charge in [0.1, 0.15) is 0 Å². The summed E-state index contributed by atoms with van der Waals surface area (Å²) in [7, 11) is 0. The lowest BCUT2D eigenvalue weighted by Crippen LogP contribution is -2.64. The summed E-state index contributed by atoms with van der Waals surface area (Å²) in [5.74, 6) is 0. The Morgan fingerprint density at radius 3 is 2.55 bits per heavy atom. The number of piperazine rings is 1. The van der Waals surface area contributed by atoms with Gasteiger partial charge in [-0.05, 0) is 43.9 Å². The number of hydrogen-bond acceptors (Lipinski definition) is 2. The van der Waals surface area contributed by atoms with Crippen LogP contribution in [0.5, 0.6) is 0 Å². The third-order valence-corrected chi connectivity index (χ3v) is 5.35. The van der Waals surface area contributed by atoms with E-state index in [4.69, 9.17) is 11.6 Å². The monoisotopic (exact) mass is 294 g/mol. The highest BCUT2D eigenvalue weighted by atomic mass is 35.5. The number of aryl methyl sites for hydroxylation is 1. The molecule has 1 unspecified atom stereocenters. The molecule has 1 N–H and O–H groups in total. The van der Waals surface area contributed by atoms with Crippen molar-refractivity contribution in [2.75, 3.05) is 18.0 Å². The first kappa shape index (κ1) is 15.7. The molecule has 1 atom stereocenters. The zero-order chi connectivity index (χ0) is 14.8. The molecule has 0 aromatic heterocycles. The first-order valence-corrected chi connectivity index (χ1v) is 8.21. The highest BCUT2D eigenvalue weighted by Gasteiger charge is 2.36. The van der Waals surface area contributed by atoms with Gasteiger partial charge in [-0.25, -0.2) is 0 Å². The van der Waals surface area contributed by atoms with E-state index in [2.05, 4.69) is 56.1 Å². The third kappa shape index (κ3) is 2.96. The van der Waals surface area contributed by atoms with Crippen LogP contribution < -0.4 is 10.2 Å². The number of rotatable bonds is 4. The van der Waals surface area contributed by atoms with Crippen LogP contribution in [0, 0.1) is 6.92 Å². The van der Waals surface area contributed by atoms with E-state index in [0.717, 1.165) is 42.9 Å². The van der Waals surface area contributed by atoms with Gasteiger partial charge in [-0.15, -0.1) is 0 Å². The second kappa shape index (κ2) is 6.36. The van der Waals surface area contributed by atoms with Crippen LogP contribution in [0.1, 0.15) is 45.6 Å². The SMILES string of the molecule is CCC1CNC(CC)(CC)CN1c1ccc(C)c(Cl)c1. The van der Waals surface area contributed by atoms with E-state index >= 15 is 0 Å². The highest BCUT2D eigenvalue weighted by molar-refractivity contribution is 6.31. The van der Waals surface area contributed by atoms with E-state index in [-0.39, 0.29) is 5.54 Å². The van der Waals surface area contributed by atoms with Crippen molar-refractivity contribution < 1.29 is 0 Å². The summed E-state index contributed by atoms with van der Waals surface area (Å²) in [6.45, 7) is 11.0. The molecule has 1 saturated heterocycles. The fourth-order valence-electron chi connectivity index (χ4n) is 3.11. The zero-order valence-corrected chi connectivity index (χ0v) is 13.9. The van der Waals surface area contributed by atoms with Crippen LogP contribution >= 0.6 is 11.6 Å². The molecular formula is C17H27ClN2. The van der Waals surface area contributed by atoms with Crippen LogP contribution in [0.25, 0.3) is 0 Å². The lowest BCUT2D eigenvalue weighted by molar-refractivity contribution is 0.246. The minimum atomic E-state index is 0.239. The lowest BCUT2D eigenvalue weighted by atomic mass is 9.87. The number of nitrogens with one attached hydrogen (secondary N) is 1. The molecule has 20 heavy (non-hydrogen) atoms. The second-order valence-corrected chi connectivity index (χ2v) is 6.40. The number of nitrogens with zero attached hydrogens (tertiary/aromatic N) is 1. The van der Waals surface area contributed by atoms with Gasteiger partial charge >= 0.3 is 0 Å². The van der Waals surface area contributed by atoms with Crippen LogP contribution in [0.15, 0.2) is 18.2 Å². The maximum absolute atomic E-state index is 6.32. The Balaban J connectivity index is 2.31. The Morgan fingerprint density at radius 2 is 2.00 bits per heavy atom. The van der Waals surface area contributed by atoms with Gasteiger partial charge in [-0.1, -0.05) is 38.4 Å². The molecule has 1 aliphatic rings. The summed E-state index contributed by atoms with van der Waals surface area (Å²) in [4.78, 5) is 2.55. The maximum atomic E-state index is 6.32. The van der Waals surface area contributed by atoms with Gasteiger partial charge in [-0.2, -0.15) is 0 Å². The molecule has 112 valence electrons. The van der Waals surface area contributed by atoms with Crippen molar-refractivity contribution in [2.24, 2.45) is 0 Å². The molecule has 1 aliphatic heterocycles. The van der Waals surface area contributed by atoms with Gasteiger partial charge < -0.3 is 10.2 Å². The van der Waals surface area contributed by atoms with Gasteiger partial charge in [-0.3, -0.25) is 0 Å². The van der Waals surface area contributed by atoms with Gasteiger partial charge in [0.2, 0.25) is 0 Å². The number of benzene rings is 1. The summed E-state index contributed by atoms with van der Waals surface area (Å²) in [6, 6.07) is 7.03. The van der Waals surface area contributed by atoms with E-state index in [9.17, 15) is 0 Å². The van der Waals surface area contributed by atoms with Crippen molar-refractivity contribution in [3.63, 3.8) is 0 Å². The summed E-state index contributed by atoms with van der Waals surface area (Å²) in [6.07, 6.45) is 3.48. The number of hydrogen-bond donors (Lipinski definition) is 1. The normalized spacial score (nSPS) is 22.1. The Labute approximate surface area is 128 Å². The molecule has 2 nitrogen and oxygen atoms in total. The first-order valence-electron chi connectivity index (χ1n) is 7.83. The van der Waals surface area contributed by atoms with Crippen molar-refractivity contribution in [1.82, 2.24) is 5.32 Å². The van der Waals surface area contributed by atoms with Crippen LogP contribution in [0.2, 0.25) is 5.02 Å². The van der Waals surface area contributed by atoms with Crippen molar-refractivity contribution in [1.29, 1.82) is 0 Å². The standard InChI is InChI=1S/C17H27ClN2/c1-5-14-11-19-17(6-2,7-3)12-20(14)15-9-8-13(4)16(18)10-15/h8-10,14,19H,5-7,11-12H2,1-4H3. The van der Waals surface area contributed by atoms with E-state index in [0.29, 0.717) is 6.04 Å². The molecule has 1 heterocycles. The fraction of sp³-hybridized carbons (Fsp3) is 0.647. The van der Waals surface area contributed by atoms with Crippen molar-refractivity contribution >= 4 is 17.3 Å². The molecule has 0 spiro atoms.